The Morgan fingerprint density at radius 2 is 1.95 bits per heavy atom. The number of alkyl halides is 1. The number of amides is 1. The smallest absolute Gasteiger partial charge is 0.410 e. The SMILES string of the molecule is Cc1nc(Oc2ccc(Br)c(F)c2F)c(-c2ccnc(N[C@H]3C[C@H](F)CN(C(=O)OC(C)(C)C)C3)n2)s1. The van der Waals surface area contributed by atoms with Gasteiger partial charge in [0.05, 0.1) is 21.7 Å². The topological polar surface area (TPSA) is 89.5 Å². The number of piperidine rings is 1. The number of anilines is 1. The monoisotopic (exact) mass is 599 g/mol. The van der Waals surface area contributed by atoms with Gasteiger partial charge in [-0.25, -0.2) is 28.5 Å². The highest BCUT2D eigenvalue weighted by atomic mass is 79.9. The highest BCUT2D eigenvalue weighted by Gasteiger charge is 2.33. The fourth-order valence-electron chi connectivity index (χ4n) is 3.69. The van der Waals surface area contributed by atoms with Crippen molar-refractivity contribution in [3.8, 4) is 22.2 Å². The Morgan fingerprint density at radius 1 is 1.19 bits per heavy atom. The normalized spacial score (nSPS) is 18.0. The Bertz CT molecular complexity index is 1300. The van der Waals surface area contributed by atoms with E-state index in [-0.39, 0.29) is 41.6 Å². The second kappa shape index (κ2) is 10.8. The fraction of sp³-hybridized carbons (Fsp3) is 0.417. The lowest BCUT2D eigenvalue weighted by Gasteiger charge is -2.36. The van der Waals surface area contributed by atoms with Gasteiger partial charge >= 0.3 is 6.09 Å². The van der Waals surface area contributed by atoms with Crippen LogP contribution in [-0.4, -0.2) is 56.8 Å². The van der Waals surface area contributed by atoms with E-state index in [1.54, 1.807) is 33.8 Å². The molecule has 0 spiro atoms. The number of rotatable bonds is 5. The van der Waals surface area contributed by atoms with Gasteiger partial charge in [0.15, 0.2) is 11.6 Å². The molecule has 13 heteroatoms. The van der Waals surface area contributed by atoms with E-state index in [1.165, 1.54) is 34.6 Å². The molecule has 0 unspecified atom stereocenters. The van der Waals surface area contributed by atoms with E-state index >= 15 is 0 Å². The Balaban J connectivity index is 1.53. The number of halogens is 4. The van der Waals surface area contributed by atoms with Crippen LogP contribution in [0.2, 0.25) is 0 Å². The second-order valence-corrected chi connectivity index (χ2v) is 11.5. The van der Waals surface area contributed by atoms with Crippen LogP contribution in [0, 0.1) is 18.6 Å². The Labute approximate surface area is 224 Å². The number of nitrogens with zero attached hydrogens (tertiary/aromatic N) is 4. The van der Waals surface area contributed by atoms with Crippen LogP contribution in [0.15, 0.2) is 28.9 Å². The first-order chi connectivity index (χ1) is 17.4. The van der Waals surface area contributed by atoms with Gasteiger partial charge in [-0.15, -0.1) is 11.3 Å². The summed E-state index contributed by atoms with van der Waals surface area (Å²) in [4.78, 5) is 27.3. The average molecular weight is 600 g/mol. The van der Waals surface area contributed by atoms with Crippen LogP contribution in [0.3, 0.4) is 0 Å². The third-order valence-corrected chi connectivity index (χ3v) is 6.77. The van der Waals surface area contributed by atoms with Crippen molar-refractivity contribution >= 4 is 39.3 Å². The number of nitrogens with one attached hydrogen (secondary N) is 1. The third kappa shape index (κ3) is 6.69. The quantitative estimate of drug-likeness (QED) is 0.335. The maximum Gasteiger partial charge on any atom is 0.410 e. The standard InChI is InChI=1S/C24H25BrF3N5O3S/c1-12-30-21(35-17-6-5-15(25)18(27)19(17)28)20(37-12)16-7-8-29-22(32-16)31-14-9-13(26)10-33(11-14)23(34)36-24(2,3)4/h5-8,13-14H,9-11H2,1-4H3,(H,29,31,32)/t13-,14-/m0/s1. The molecule has 37 heavy (non-hydrogen) atoms. The molecule has 3 aromatic rings. The molecule has 0 aliphatic carbocycles. The van der Waals surface area contributed by atoms with E-state index < -0.39 is 35.5 Å². The predicted molar refractivity (Wildman–Crippen MR) is 137 cm³/mol. The van der Waals surface area contributed by atoms with Gasteiger partial charge in [-0.3, -0.25) is 0 Å². The van der Waals surface area contributed by atoms with Crippen molar-refractivity contribution in [2.75, 3.05) is 18.4 Å². The number of aryl methyl sites for hydroxylation is 1. The largest absolute Gasteiger partial charge is 0.444 e. The molecule has 1 aromatic carbocycles. The molecule has 198 valence electrons. The molecule has 2 atom stereocenters. The summed E-state index contributed by atoms with van der Waals surface area (Å²) < 4.78 is 53.8. The van der Waals surface area contributed by atoms with Crippen molar-refractivity contribution < 1.29 is 27.4 Å². The minimum atomic E-state index is -1.24. The molecule has 1 aliphatic rings. The summed E-state index contributed by atoms with van der Waals surface area (Å²) in [6.07, 6.45) is -0.165. The van der Waals surface area contributed by atoms with E-state index in [9.17, 15) is 18.0 Å². The Kier molecular flexibility index (Phi) is 7.93. The average Bonchev–Trinajstić information content (AvgIpc) is 3.18. The number of hydrogen-bond acceptors (Lipinski definition) is 8. The third-order valence-electron chi connectivity index (χ3n) is 5.18. The lowest BCUT2D eigenvalue weighted by atomic mass is 10.0. The summed E-state index contributed by atoms with van der Waals surface area (Å²) >= 11 is 4.19. The number of thiazole rings is 1. The lowest BCUT2D eigenvalue weighted by molar-refractivity contribution is 0.0124. The predicted octanol–water partition coefficient (Wildman–Crippen LogP) is 6.50. The molecular weight excluding hydrogens is 575 g/mol. The first-order valence-corrected chi connectivity index (χ1v) is 13.0. The number of benzene rings is 1. The molecule has 0 bridgehead atoms. The van der Waals surface area contributed by atoms with E-state index in [0.717, 1.165) is 0 Å². The Hall–Kier alpha value is -2.93. The van der Waals surface area contributed by atoms with Crippen molar-refractivity contribution in [3.63, 3.8) is 0 Å². The van der Waals surface area contributed by atoms with Gasteiger partial charge in [-0.05, 0) is 61.8 Å². The van der Waals surface area contributed by atoms with Gasteiger partial charge in [0.25, 0.3) is 0 Å². The zero-order chi connectivity index (χ0) is 26.9. The van der Waals surface area contributed by atoms with Crippen LogP contribution in [0.5, 0.6) is 11.6 Å². The van der Waals surface area contributed by atoms with Gasteiger partial charge in [0, 0.05) is 25.2 Å². The van der Waals surface area contributed by atoms with Gasteiger partial charge in [0.2, 0.25) is 17.6 Å². The van der Waals surface area contributed by atoms with E-state index in [2.05, 4.69) is 36.2 Å². The molecular formula is C24H25BrF3N5O3S. The van der Waals surface area contributed by atoms with Gasteiger partial charge in [-0.2, -0.15) is 4.39 Å². The molecule has 0 radical (unpaired) electrons. The number of ether oxygens (including phenoxy) is 2. The molecule has 1 saturated heterocycles. The maximum absolute atomic E-state index is 14.5. The molecule has 8 nitrogen and oxygen atoms in total. The second-order valence-electron chi connectivity index (χ2n) is 9.47. The summed E-state index contributed by atoms with van der Waals surface area (Å²) in [6.45, 7) is 7.15. The maximum atomic E-state index is 14.5. The lowest BCUT2D eigenvalue weighted by Crippen LogP contribution is -2.51. The van der Waals surface area contributed by atoms with Crippen molar-refractivity contribution in [3.05, 3.63) is 45.5 Å². The highest BCUT2D eigenvalue weighted by Crippen LogP contribution is 2.38. The summed E-state index contributed by atoms with van der Waals surface area (Å²) in [5.74, 6) is -2.27. The summed E-state index contributed by atoms with van der Waals surface area (Å²) in [7, 11) is 0. The first kappa shape index (κ1) is 27.1. The molecule has 1 N–H and O–H groups in total. The van der Waals surface area contributed by atoms with Crippen LogP contribution in [0.25, 0.3) is 10.6 Å². The van der Waals surface area contributed by atoms with Crippen molar-refractivity contribution in [1.82, 2.24) is 19.9 Å². The number of hydrogen-bond donors (Lipinski definition) is 1. The molecule has 4 rings (SSSR count). The zero-order valence-corrected chi connectivity index (χ0v) is 22.9. The van der Waals surface area contributed by atoms with Crippen LogP contribution < -0.4 is 10.1 Å². The van der Waals surface area contributed by atoms with Crippen molar-refractivity contribution in [2.24, 2.45) is 0 Å². The number of aromatic nitrogens is 3. The minimum Gasteiger partial charge on any atom is -0.444 e. The fourth-order valence-corrected chi connectivity index (χ4v) is 4.81. The van der Waals surface area contributed by atoms with Gasteiger partial charge < -0.3 is 19.7 Å². The zero-order valence-electron chi connectivity index (χ0n) is 20.5. The summed E-state index contributed by atoms with van der Waals surface area (Å²) in [6, 6.07) is 3.79. The van der Waals surface area contributed by atoms with E-state index in [4.69, 9.17) is 9.47 Å². The number of carbonyl (C=O) groups is 1. The number of carbonyl (C=O) groups excluding carboxylic acids is 1. The van der Waals surface area contributed by atoms with Crippen molar-refractivity contribution in [1.29, 1.82) is 0 Å². The highest BCUT2D eigenvalue weighted by molar-refractivity contribution is 9.10. The molecule has 2 aromatic heterocycles. The first-order valence-electron chi connectivity index (χ1n) is 11.4. The van der Waals surface area contributed by atoms with Crippen molar-refractivity contribution in [2.45, 2.75) is 51.9 Å². The van der Waals surface area contributed by atoms with Gasteiger partial charge in [0.1, 0.15) is 16.6 Å². The van der Waals surface area contributed by atoms with Crippen LogP contribution in [0.1, 0.15) is 32.2 Å². The minimum absolute atomic E-state index is 0.0259. The van der Waals surface area contributed by atoms with Crippen LogP contribution in [-0.2, 0) is 4.74 Å². The van der Waals surface area contributed by atoms with E-state index in [0.29, 0.717) is 15.6 Å². The molecule has 0 saturated carbocycles. The van der Waals surface area contributed by atoms with Crippen LogP contribution in [0.4, 0.5) is 23.9 Å². The summed E-state index contributed by atoms with van der Waals surface area (Å²) in [5.41, 5.74) is -0.272. The number of likely N-dealkylation sites (tertiary alicyclic amines) is 1. The molecule has 1 fully saturated rings. The molecule has 3 heterocycles. The Morgan fingerprint density at radius 3 is 2.68 bits per heavy atom. The van der Waals surface area contributed by atoms with Crippen LogP contribution >= 0.6 is 27.3 Å². The van der Waals surface area contributed by atoms with E-state index in [1.807, 2.05) is 0 Å². The molecule has 1 amide bonds. The van der Waals surface area contributed by atoms with Gasteiger partial charge in [-0.1, -0.05) is 0 Å². The molecule has 1 aliphatic heterocycles. The summed E-state index contributed by atoms with van der Waals surface area (Å²) in [5, 5.41) is 3.71.